The summed E-state index contributed by atoms with van der Waals surface area (Å²) in [7, 11) is 1.56. The molecule has 3 N–H and O–H groups in total. The van der Waals surface area contributed by atoms with E-state index in [2.05, 4.69) is 37.1 Å². The lowest BCUT2D eigenvalue weighted by Crippen LogP contribution is -2.32. The summed E-state index contributed by atoms with van der Waals surface area (Å²) < 4.78 is 16.9. The van der Waals surface area contributed by atoms with E-state index in [0.29, 0.717) is 40.8 Å². The number of nitrogens with zero attached hydrogens (tertiary/aromatic N) is 1. The fourth-order valence-corrected chi connectivity index (χ4v) is 3.39. The Bertz CT molecular complexity index is 1280. The first-order valence-corrected chi connectivity index (χ1v) is 11.9. The highest BCUT2D eigenvalue weighted by Crippen LogP contribution is 2.24. The monoisotopic (exact) mass is 568 g/mol. The molecule has 0 aromatic heterocycles. The number of hydrazone groups is 1. The van der Waals surface area contributed by atoms with Gasteiger partial charge in [0.15, 0.2) is 6.61 Å². The lowest BCUT2D eigenvalue weighted by molar-refractivity contribution is -0.136. The Balaban J connectivity index is 1.57. The van der Waals surface area contributed by atoms with Gasteiger partial charge in [0.1, 0.15) is 17.2 Å². The highest BCUT2D eigenvalue weighted by molar-refractivity contribution is 9.10. The van der Waals surface area contributed by atoms with Crippen LogP contribution in [0.25, 0.3) is 0 Å². The molecule has 0 unspecified atom stereocenters. The number of halogens is 1. The number of carbonyl (C=O) groups excluding carboxylic acids is 3. The van der Waals surface area contributed by atoms with Crippen molar-refractivity contribution in [2.75, 3.05) is 31.0 Å². The summed E-state index contributed by atoms with van der Waals surface area (Å²) in [4.78, 5) is 36.8. The van der Waals surface area contributed by atoms with Crippen LogP contribution >= 0.6 is 15.9 Å². The quantitative estimate of drug-likeness (QED) is 0.193. The van der Waals surface area contributed by atoms with Gasteiger partial charge < -0.3 is 24.8 Å². The summed E-state index contributed by atoms with van der Waals surface area (Å²) in [5.41, 5.74) is 3.60. The second-order valence-electron chi connectivity index (χ2n) is 7.33. The van der Waals surface area contributed by atoms with Gasteiger partial charge in [-0.2, -0.15) is 5.10 Å². The summed E-state index contributed by atoms with van der Waals surface area (Å²) >= 11 is 3.36. The van der Waals surface area contributed by atoms with E-state index in [4.69, 9.17) is 14.2 Å². The molecule has 0 saturated carbocycles. The highest BCUT2D eigenvalue weighted by Gasteiger charge is 2.15. The number of carbonyl (C=O) groups is 3. The van der Waals surface area contributed by atoms with E-state index in [0.717, 1.165) is 4.47 Å². The minimum absolute atomic E-state index is 0.261. The summed E-state index contributed by atoms with van der Waals surface area (Å²) in [6, 6.07) is 18.7. The molecule has 0 spiro atoms. The van der Waals surface area contributed by atoms with Crippen LogP contribution in [0.2, 0.25) is 0 Å². The van der Waals surface area contributed by atoms with E-state index in [9.17, 15) is 14.4 Å². The molecule has 10 nitrogen and oxygen atoms in total. The lowest BCUT2D eigenvalue weighted by atomic mass is 10.2. The van der Waals surface area contributed by atoms with Crippen molar-refractivity contribution in [2.45, 2.75) is 6.92 Å². The van der Waals surface area contributed by atoms with Gasteiger partial charge in [-0.25, -0.2) is 5.43 Å². The number of nitrogens with one attached hydrogen (secondary N) is 3. The minimum atomic E-state index is -0.973. The van der Waals surface area contributed by atoms with Crippen molar-refractivity contribution in [2.24, 2.45) is 5.10 Å². The largest absolute Gasteiger partial charge is 0.497 e. The van der Waals surface area contributed by atoms with Crippen molar-refractivity contribution in [3.8, 4) is 17.2 Å². The van der Waals surface area contributed by atoms with E-state index in [1.165, 1.54) is 6.21 Å². The number of hydrogen-bond acceptors (Lipinski definition) is 7. The third-order valence-corrected chi connectivity index (χ3v) is 5.21. The summed E-state index contributed by atoms with van der Waals surface area (Å²) in [5, 5.41) is 9.06. The van der Waals surface area contributed by atoms with Crippen LogP contribution in [-0.2, 0) is 14.4 Å². The third kappa shape index (κ3) is 8.36. The van der Waals surface area contributed by atoms with Gasteiger partial charge in [0, 0.05) is 15.7 Å². The second-order valence-corrected chi connectivity index (χ2v) is 8.25. The second kappa shape index (κ2) is 13.6. The van der Waals surface area contributed by atoms with Gasteiger partial charge in [-0.15, -0.1) is 0 Å². The highest BCUT2D eigenvalue weighted by atomic mass is 79.9. The van der Waals surface area contributed by atoms with Crippen molar-refractivity contribution in [3.05, 3.63) is 76.8 Å². The van der Waals surface area contributed by atoms with Gasteiger partial charge in [-0.1, -0.05) is 28.1 Å². The molecule has 0 saturated heterocycles. The Kier molecular flexibility index (Phi) is 10.0. The molecule has 3 amide bonds. The Morgan fingerprint density at radius 2 is 1.68 bits per heavy atom. The zero-order chi connectivity index (χ0) is 26.6. The van der Waals surface area contributed by atoms with Crippen molar-refractivity contribution < 1.29 is 28.6 Å². The van der Waals surface area contributed by atoms with Crippen molar-refractivity contribution in [1.82, 2.24) is 5.43 Å². The third-order valence-electron chi connectivity index (χ3n) is 4.72. The molecule has 0 bridgehead atoms. The molecule has 0 atom stereocenters. The fourth-order valence-electron chi connectivity index (χ4n) is 3.01. The standard InChI is InChI=1S/C26H25BrN4O6/c1-3-36-23-7-5-4-6-21(23)30-25(33)26(34)31-28-15-17-14-18(27)8-13-22(17)37-16-24(32)29-19-9-11-20(35-2)12-10-19/h4-15H,3,16H2,1-2H3,(H,29,32)(H,30,33)(H,31,34)/b28-15-. The van der Waals surface area contributed by atoms with E-state index in [1.807, 2.05) is 6.92 Å². The summed E-state index contributed by atoms with van der Waals surface area (Å²) in [6.07, 6.45) is 1.31. The molecule has 3 aromatic carbocycles. The average molecular weight is 569 g/mol. The van der Waals surface area contributed by atoms with Crippen LogP contribution in [0.1, 0.15) is 12.5 Å². The molecular weight excluding hydrogens is 544 g/mol. The maximum atomic E-state index is 12.3. The number of ether oxygens (including phenoxy) is 3. The zero-order valence-electron chi connectivity index (χ0n) is 20.1. The Morgan fingerprint density at radius 1 is 0.919 bits per heavy atom. The number of methoxy groups -OCH3 is 1. The first-order chi connectivity index (χ1) is 17.9. The summed E-state index contributed by atoms with van der Waals surface area (Å²) in [6.45, 7) is 1.96. The van der Waals surface area contributed by atoms with Crippen LogP contribution in [0.5, 0.6) is 17.2 Å². The molecule has 0 aliphatic rings. The Hall–Kier alpha value is -4.38. The van der Waals surface area contributed by atoms with E-state index >= 15 is 0 Å². The number of hydrogen-bond donors (Lipinski definition) is 3. The van der Waals surface area contributed by atoms with Crippen LogP contribution in [0.15, 0.2) is 76.3 Å². The van der Waals surface area contributed by atoms with Crippen LogP contribution in [-0.4, -0.2) is 44.3 Å². The van der Waals surface area contributed by atoms with Gasteiger partial charge in [0.25, 0.3) is 5.91 Å². The van der Waals surface area contributed by atoms with Gasteiger partial charge in [0.05, 0.1) is 25.6 Å². The van der Waals surface area contributed by atoms with Crippen LogP contribution in [0.4, 0.5) is 11.4 Å². The topological polar surface area (TPSA) is 127 Å². The maximum absolute atomic E-state index is 12.3. The smallest absolute Gasteiger partial charge is 0.329 e. The maximum Gasteiger partial charge on any atom is 0.329 e. The minimum Gasteiger partial charge on any atom is -0.497 e. The predicted octanol–water partition coefficient (Wildman–Crippen LogP) is 3.96. The molecule has 0 aliphatic carbocycles. The van der Waals surface area contributed by atoms with Crippen molar-refractivity contribution in [3.63, 3.8) is 0 Å². The number of amides is 3. The molecule has 0 radical (unpaired) electrons. The number of benzene rings is 3. The SMILES string of the molecule is CCOc1ccccc1NC(=O)C(=O)N/N=C\c1cc(Br)ccc1OCC(=O)Nc1ccc(OC)cc1. The van der Waals surface area contributed by atoms with E-state index in [1.54, 1.807) is 73.8 Å². The van der Waals surface area contributed by atoms with Crippen LogP contribution < -0.4 is 30.3 Å². The summed E-state index contributed by atoms with van der Waals surface area (Å²) in [5.74, 6) is -0.784. The van der Waals surface area contributed by atoms with Crippen molar-refractivity contribution in [1.29, 1.82) is 0 Å². The Morgan fingerprint density at radius 3 is 2.41 bits per heavy atom. The number of para-hydroxylation sites is 2. The van der Waals surface area contributed by atoms with Crippen molar-refractivity contribution >= 4 is 51.2 Å². The zero-order valence-corrected chi connectivity index (χ0v) is 21.7. The molecule has 11 heteroatoms. The Labute approximate surface area is 222 Å². The molecule has 0 heterocycles. The molecule has 0 fully saturated rings. The van der Waals surface area contributed by atoms with Crippen LogP contribution in [0, 0.1) is 0 Å². The van der Waals surface area contributed by atoms with Gasteiger partial charge >= 0.3 is 11.8 Å². The lowest BCUT2D eigenvalue weighted by Gasteiger charge is -2.11. The molecule has 192 valence electrons. The van der Waals surface area contributed by atoms with Gasteiger partial charge in [0.2, 0.25) is 0 Å². The van der Waals surface area contributed by atoms with Gasteiger partial charge in [-0.3, -0.25) is 14.4 Å². The number of rotatable bonds is 10. The molecule has 0 aliphatic heterocycles. The molecule has 37 heavy (non-hydrogen) atoms. The fraction of sp³-hybridized carbons (Fsp3) is 0.154. The predicted molar refractivity (Wildman–Crippen MR) is 143 cm³/mol. The number of anilines is 2. The first-order valence-electron chi connectivity index (χ1n) is 11.1. The van der Waals surface area contributed by atoms with E-state index in [-0.39, 0.29) is 12.5 Å². The normalized spacial score (nSPS) is 10.5. The first kappa shape index (κ1) is 27.2. The molecule has 3 rings (SSSR count). The van der Waals surface area contributed by atoms with Crippen LogP contribution in [0.3, 0.4) is 0 Å². The molecular formula is C26H25BrN4O6. The average Bonchev–Trinajstić information content (AvgIpc) is 2.90. The van der Waals surface area contributed by atoms with Gasteiger partial charge in [-0.05, 0) is 61.5 Å². The molecule has 3 aromatic rings. The van der Waals surface area contributed by atoms with E-state index < -0.39 is 11.8 Å².